The molecule has 1 aliphatic carbocycles. The first-order valence-corrected chi connectivity index (χ1v) is 22.9. The maximum atomic E-state index is 2.47. The van der Waals surface area contributed by atoms with Crippen LogP contribution in [-0.2, 0) is 5.41 Å². The molecular formula is C62H43NS. The number of anilines is 3. The Hall–Kier alpha value is -7.78. The van der Waals surface area contributed by atoms with Crippen LogP contribution in [0, 0.1) is 0 Å². The molecule has 64 heavy (non-hydrogen) atoms. The second-order valence-corrected chi connectivity index (χ2v) is 18.0. The SMILES string of the molecule is CC1(c2ccccc2)c2ccccc2-c2cc(N(c3ccc(-c4cccc5c4sc4ccccc45)cc3)c3ccccc3-c3ccccc3-c3ccccc3-c3ccccc3)ccc21. The lowest BCUT2D eigenvalue weighted by molar-refractivity contribution is 0.714. The molecule has 1 unspecified atom stereocenters. The van der Waals surface area contributed by atoms with Gasteiger partial charge in [0.15, 0.2) is 0 Å². The van der Waals surface area contributed by atoms with E-state index >= 15 is 0 Å². The van der Waals surface area contributed by atoms with Crippen LogP contribution in [0.1, 0.15) is 23.6 Å². The van der Waals surface area contributed by atoms with Crippen LogP contribution >= 0.6 is 11.3 Å². The summed E-state index contributed by atoms with van der Waals surface area (Å²) in [6, 6.07) is 89.2. The molecule has 1 nitrogen and oxygen atoms in total. The van der Waals surface area contributed by atoms with Gasteiger partial charge in [-0.3, -0.25) is 0 Å². The molecule has 0 amide bonds. The highest BCUT2D eigenvalue weighted by Crippen LogP contribution is 2.54. The molecule has 302 valence electrons. The van der Waals surface area contributed by atoms with Crippen LogP contribution in [0.4, 0.5) is 17.1 Å². The number of rotatable bonds is 8. The summed E-state index contributed by atoms with van der Waals surface area (Å²) in [6.45, 7) is 2.39. The van der Waals surface area contributed by atoms with Crippen molar-refractivity contribution in [2.75, 3.05) is 4.90 Å². The lowest BCUT2D eigenvalue weighted by Crippen LogP contribution is -2.22. The number of hydrogen-bond acceptors (Lipinski definition) is 2. The van der Waals surface area contributed by atoms with Crippen molar-refractivity contribution < 1.29 is 0 Å². The van der Waals surface area contributed by atoms with Gasteiger partial charge in [-0.25, -0.2) is 0 Å². The summed E-state index contributed by atoms with van der Waals surface area (Å²) in [5, 5.41) is 2.63. The number of para-hydroxylation sites is 1. The van der Waals surface area contributed by atoms with E-state index in [1.807, 2.05) is 11.3 Å². The first-order valence-electron chi connectivity index (χ1n) is 22.1. The zero-order chi connectivity index (χ0) is 42.6. The number of nitrogens with zero attached hydrogens (tertiary/aromatic N) is 1. The Balaban J connectivity index is 1.06. The summed E-state index contributed by atoms with van der Waals surface area (Å²) < 4.78 is 2.64. The van der Waals surface area contributed by atoms with Crippen molar-refractivity contribution in [3.8, 4) is 55.6 Å². The number of thiophene rings is 1. The van der Waals surface area contributed by atoms with E-state index in [1.54, 1.807) is 0 Å². The standard InChI is InChI=1S/C62H43NS/c1-62(44-21-6-3-7-22-44)57-32-15-12-27-52(57)56-41-46(39-40-58(56)62)63(45-37-35-43(36-38-45)48-30-18-31-55-54-29-14-17-34-60(54)64-61(48)55)59-33-16-13-28-53(59)51-26-11-10-25-50(51)49-24-9-8-23-47(49)42-19-4-2-5-20-42/h2-41H,1H3. The molecule has 1 atom stereocenters. The Morgan fingerprint density at radius 3 is 1.62 bits per heavy atom. The average molecular weight is 834 g/mol. The Kier molecular flexibility index (Phi) is 9.21. The van der Waals surface area contributed by atoms with E-state index in [4.69, 9.17) is 0 Å². The minimum absolute atomic E-state index is 0.283. The summed E-state index contributed by atoms with van der Waals surface area (Å²) in [7, 11) is 0. The fraction of sp³-hybridized carbons (Fsp3) is 0.0323. The molecule has 1 aliphatic rings. The maximum Gasteiger partial charge on any atom is 0.0540 e. The van der Waals surface area contributed by atoms with E-state index < -0.39 is 0 Å². The van der Waals surface area contributed by atoms with Gasteiger partial charge >= 0.3 is 0 Å². The Bertz CT molecular complexity index is 3510. The van der Waals surface area contributed by atoms with E-state index in [0.717, 1.165) is 22.6 Å². The quantitative estimate of drug-likeness (QED) is 0.147. The average Bonchev–Trinajstić information content (AvgIpc) is 3.88. The van der Waals surface area contributed by atoms with Crippen molar-refractivity contribution in [2.24, 2.45) is 0 Å². The van der Waals surface area contributed by atoms with E-state index in [2.05, 4.69) is 254 Å². The van der Waals surface area contributed by atoms with E-state index in [-0.39, 0.29) is 5.41 Å². The molecule has 10 aromatic carbocycles. The third-order valence-corrected chi connectivity index (χ3v) is 14.6. The molecule has 1 aromatic heterocycles. The van der Waals surface area contributed by atoms with Gasteiger partial charge in [0.05, 0.1) is 5.69 Å². The number of hydrogen-bond donors (Lipinski definition) is 0. The smallest absolute Gasteiger partial charge is 0.0540 e. The summed E-state index contributed by atoms with van der Waals surface area (Å²) in [6.07, 6.45) is 0. The summed E-state index contributed by atoms with van der Waals surface area (Å²) in [4.78, 5) is 2.47. The molecular weight excluding hydrogens is 791 g/mol. The summed E-state index contributed by atoms with van der Waals surface area (Å²) >= 11 is 1.88. The van der Waals surface area contributed by atoms with Crippen molar-refractivity contribution >= 4 is 48.6 Å². The Morgan fingerprint density at radius 2 is 0.859 bits per heavy atom. The van der Waals surface area contributed by atoms with Crippen LogP contribution in [0.25, 0.3) is 75.8 Å². The van der Waals surface area contributed by atoms with Gasteiger partial charge in [0, 0.05) is 42.5 Å². The van der Waals surface area contributed by atoms with Gasteiger partial charge in [0.2, 0.25) is 0 Å². The normalized spacial score (nSPS) is 14.1. The predicted octanol–water partition coefficient (Wildman–Crippen LogP) is 17.5. The molecule has 0 spiro atoms. The monoisotopic (exact) mass is 833 g/mol. The summed E-state index contributed by atoms with van der Waals surface area (Å²) in [5.41, 5.74) is 19.2. The van der Waals surface area contributed by atoms with Crippen LogP contribution in [0.2, 0.25) is 0 Å². The largest absolute Gasteiger partial charge is 0.310 e. The minimum Gasteiger partial charge on any atom is -0.310 e. The van der Waals surface area contributed by atoms with Crippen LogP contribution < -0.4 is 4.90 Å². The molecule has 0 bridgehead atoms. The Morgan fingerprint density at radius 1 is 0.344 bits per heavy atom. The van der Waals surface area contributed by atoms with Gasteiger partial charge in [-0.05, 0) is 110 Å². The second kappa shape index (κ2) is 15.5. The van der Waals surface area contributed by atoms with Gasteiger partial charge in [-0.15, -0.1) is 11.3 Å². The molecule has 2 heteroatoms. The minimum atomic E-state index is -0.283. The van der Waals surface area contributed by atoms with Gasteiger partial charge in [-0.2, -0.15) is 0 Å². The lowest BCUT2D eigenvalue weighted by Gasteiger charge is -2.31. The van der Waals surface area contributed by atoms with Gasteiger partial charge in [0.1, 0.15) is 0 Å². The first kappa shape index (κ1) is 37.9. The molecule has 11 aromatic rings. The van der Waals surface area contributed by atoms with Crippen molar-refractivity contribution in [2.45, 2.75) is 12.3 Å². The van der Waals surface area contributed by atoms with Crippen LogP contribution in [-0.4, -0.2) is 0 Å². The van der Waals surface area contributed by atoms with Gasteiger partial charge in [0.25, 0.3) is 0 Å². The second-order valence-electron chi connectivity index (χ2n) is 16.9. The van der Waals surface area contributed by atoms with Gasteiger partial charge in [-0.1, -0.05) is 206 Å². The topological polar surface area (TPSA) is 3.24 Å². The third kappa shape index (κ3) is 6.13. The van der Waals surface area contributed by atoms with E-state index in [0.29, 0.717) is 0 Å². The van der Waals surface area contributed by atoms with E-state index in [1.165, 1.54) is 86.9 Å². The predicted molar refractivity (Wildman–Crippen MR) is 273 cm³/mol. The fourth-order valence-corrected chi connectivity index (χ4v) is 11.6. The molecule has 1 heterocycles. The zero-order valence-corrected chi connectivity index (χ0v) is 36.3. The van der Waals surface area contributed by atoms with E-state index in [9.17, 15) is 0 Å². The molecule has 0 saturated carbocycles. The Labute approximate surface area is 378 Å². The molecule has 0 aliphatic heterocycles. The molecule has 0 saturated heterocycles. The van der Waals surface area contributed by atoms with Crippen molar-refractivity contribution in [1.29, 1.82) is 0 Å². The molecule has 0 N–H and O–H groups in total. The highest BCUT2D eigenvalue weighted by atomic mass is 32.1. The van der Waals surface area contributed by atoms with Crippen molar-refractivity contribution in [3.63, 3.8) is 0 Å². The highest BCUT2D eigenvalue weighted by molar-refractivity contribution is 7.26. The fourth-order valence-electron chi connectivity index (χ4n) is 10.3. The highest BCUT2D eigenvalue weighted by Gasteiger charge is 2.41. The lowest BCUT2D eigenvalue weighted by atomic mass is 9.74. The zero-order valence-electron chi connectivity index (χ0n) is 35.4. The number of fused-ring (bicyclic) bond motifs is 6. The summed E-state index contributed by atoms with van der Waals surface area (Å²) in [5.74, 6) is 0. The van der Waals surface area contributed by atoms with Crippen LogP contribution in [0.5, 0.6) is 0 Å². The van der Waals surface area contributed by atoms with Crippen LogP contribution in [0.3, 0.4) is 0 Å². The van der Waals surface area contributed by atoms with Gasteiger partial charge < -0.3 is 4.90 Å². The number of benzene rings is 10. The molecule has 12 rings (SSSR count). The van der Waals surface area contributed by atoms with Crippen molar-refractivity contribution in [3.05, 3.63) is 259 Å². The molecule has 0 radical (unpaired) electrons. The van der Waals surface area contributed by atoms with Crippen molar-refractivity contribution in [1.82, 2.24) is 0 Å². The third-order valence-electron chi connectivity index (χ3n) is 13.4. The maximum absolute atomic E-state index is 2.47. The molecule has 0 fully saturated rings. The first-order chi connectivity index (χ1) is 31.6. The van der Waals surface area contributed by atoms with Crippen LogP contribution in [0.15, 0.2) is 243 Å².